The van der Waals surface area contributed by atoms with Crippen molar-refractivity contribution in [3.8, 4) is 45.3 Å². The van der Waals surface area contributed by atoms with Crippen LogP contribution in [0.3, 0.4) is 0 Å². The summed E-state index contributed by atoms with van der Waals surface area (Å²) in [5, 5.41) is 7.02. The SMILES string of the molecule is C=C1/C=C(n2c3ccccc3c3ccccc32)\C=C/CN(c2nc(-c3ccccc3)nc(-n3c4ccc(-c5ccccc5)cc4c4cc(-n5c6ccccc6c6ccccc65)ccc43)n2)c2ccc(-c3ccccc3)cc21. The summed E-state index contributed by atoms with van der Waals surface area (Å²) in [4.78, 5) is 18.7. The van der Waals surface area contributed by atoms with Gasteiger partial charge in [-0.15, -0.1) is 0 Å². The van der Waals surface area contributed by atoms with E-state index in [-0.39, 0.29) is 0 Å². The van der Waals surface area contributed by atoms with Gasteiger partial charge in [0.15, 0.2) is 5.82 Å². The molecule has 0 unspecified atom stereocenters. The van der Waals surface area contributed by atoms with Crippen LogP contribution in [0.5, 0.6) is 0 Å². The molecule has 0 saturated carbocycles. The van der Waals surface area contributed by atoms with Crippen molar-refractivity contribution < 1.29 is 0 Å². The maximum atomic E-state index is 5.59. The monoisotopic (exact) mass is 985 g/mol. The molecule has 5 heterocycles. The Bertz CT molecular complexity index is 4620. The number of hydrogen-bond acceptors (Lipinski definition) is 4. The van der Waals surface area contributed by atoms with E-state index in [2.05, 4.69) is 261 Å². The van der Waals surface area contributed by atoms with Gasteiger partial charge < -0.3 is 14.0 Å². The number of benzene rings is 10. The number of aromatic nitrogens is 6. The number of hydrogen-bond donors (Lipinski definition) is 0. The number of fused-ring (bicyclic) bond motifs is 10. The Kier molecular flexibility index (Phi) is 10.3. The summed E-state index contributed by atoms with van der Waals surface area (Å²) in [6, 6.07) is 86.2. The molecular weight excluding hydrogens is 939 g/mol. The van der Waals surface area contributed by atoms with Gasteiger partial charge in [-0.2, -0.15) is 15.0 Å². The molecule has 0 spiro atoms. The lowest BCUT2D eigenvalue weighted by atomic mass is 9.97. The van der Waals surface area contributed by atoms with Gasteiger partial charge in [-0.3, -0.25) is 4.57 Å². The molecule has 0 N–H and O–H groups in total. The zero-order chi connectivity index (χ0) is 51.0. The van der Waals surface area contributed by atoms with Crippen molar-refractivity contribution in [2.75, 3.05) is 11.4 Å². The van der Waals surface area contributed by atoms with Crippen molar-refractivity contribution in [3.63, 3.8) is 0 Å². The van der Waals surface area contributed by atoms with Gasteiger partial charge >= 0.3 is 0 Å². The molecular formula is C70H47N7. The molecule has 77 heavy (non-hydrogen) atoms. The Hall–Kier alpha value is -10.4. The molecule has 7 nitrogen and oxygen atoms in total. The van der Waals surface area contributed by atoms with E-state index in [9.17, 15) is 0 Å². The third-order valence-corrected chi connectivity index (χ3v) is 15.3. The maximum absolute atomic E-state index is 5.59. The van der Waals surface area contributed by atoms with Crippen LogP contribution < -0.4 is 4.90 Å². The summed E-state index contributed by atoms with van der Waals surface area (Å²) < 4.78 is 6.96. The summed E-state index contributed by atoms with van der Waals surface area (Å²) in [6.45, 7) is 5.30. The van der Waals surface area contributed by atoms with Crippen LogP contribution in [0.25, 0.3) is 122 Å². The van der Waals surface area contributed by atoms with Gasteiger partial charge in [0.05, 0.1) is 38.8 Å². The van der Waals surface area contributed by atoms with Crippen LogP contribution in [-0.2, 0) is 0 Å². The molecule has 15 rings (SSSR count). The zero-order valence-electron chi connectivity index (χ0n) is 41.9. The second-order valence-corrected chi connectivity index (χ2v) is 19.7. The average molecular weight is 986 g/mol. The Morgan fingerprint density at radius 2 is 0.818 bits per heavy atom. The molecule has 7 heteroatoms. The third kappa shape index (κ3) is 7.31. The molecule has 0 radical (unpaired) electrons. The summed E-state index contributed by atoms with van der Waals surface area (Å²) in [7, 11) is 0. The Morgan fingerprint density at radius 1 is 0.351 bits per heavy atom. The lowest BCUT2D eigenvalue weighted by Crippen LogP contribution is -2.22. The van der Waals surface area contributed by atoms with Crippen molar-refractivity contribution in [2.45, 2.75) is 0 Å². The van der Waals surface area contributed by atoms with Crippen LogP contribution in [0.4, 0.5) is 11.6 Å². The summed E-state index contributed by atoms with van der Waals surface area (Å²) in [6.07, 6.45) is 6.65. The smallest absolute Gasteiger partial charge is 0.240 e. The van der Waals surface area contributed by atoms with Gasteiger partial charge in [-0.05, 0) is 107 Å². The molecule has 1 aliphatic heterocycles. The van der Waals surface area contributed by atoms with Gasteiger partial charge in [0, 0.05) is 61.4 Å². The Morgan fingerprint density at radius 3 is 1.42 bits per heavy atom. The first-order chi connectivity index (χ1) is 38.1. The number of anilines is 2. The van der Waals surface area contributed by atoms with E-state index in [4.69, 9.17) is 21.5 Å². The first-order valence-electron chi connectivity index (χ1n) is 26.1. The Labute approximate surface area is 444 Å². The highest BCUT2D eigenvalue weighted by atomic mass is 15.3. The van der Waals surface area contributed by atoms with Crippen LogP contribution in [0.2, 0.25) is 0 Å². The molecule has 0 atom stereocenters. The van der Waals surface area contributed by atoms with Crippen LogP contribution in [0, 0.1) is 0 Å². The fraction of sp³-hybridized carbons (Fsp3) is 0.0143. The summed E-state index contributed by atoms with van der Waals surface area (Å²) in [5.74, 6) is 1.59. The second kappa shape index (κ2) is 17.9. The third-order valence-electron chi connectivity index (χ3n) is 15.3. The molecule has 1 aliphatic rings. The highest BCUT2D eigenvalue weighted by Gasteiger charge is 2.25. The predicted octanol–water partition coefficient (Wildman–Crippen LogP) is 17.4. The quantitative estimate of drug-likeness (QED) is 0.160. The zero-order valence-corrected chi connectivity index (χ0v) is 41.9. The van der Waals surface area contributed by atoms with E-state index in [1.165, 1.54) is 21.5 Å². The first kappa shape index (κ1) is 44.1. The van der Waals surface area contributed by atoms with Crippen LogP contribution >= 0.6 is 0 Å². The number of allylic oxidation sites excluding steroid dienone is 4. The second-order valence-electron chi connectivity index (χ2n) is 19.7. The van der Waals surface area contributed by atoms with Gasteiger partial charge in [0.2, 0.25) is 11.9 Å². The molecule has 4 aromatic heterocycles. The molecule has 0 saturated heterocycles. The largest absolute Gasteiger partial charge is 0.309 e. The highest BCUT2D eigenvalue weighted by Crippen LogP contribution is 2.42. The molecule has 362 valence electrons. The fourth-order valence-electron chi connectivity index (χ4n) is 11.7. The van der Waals surface area contributed by atoms with Gasteiger partial charge in [-0.25, -0.2) is 0 Å². The molecule has 0 amide bonds. The molecule has 14 aromatic rings. The topological polar surface area (TPSA) is 56.7 Å². The Balaban J connectivity index is 0.962. The number of para-hydroxylation sites is 4. The maximum Gasteiger partial charge on any atom is 0.240 e. The van der Waals surface area contributed by atoms with E-state index in [1.54, 1.807) is 0 Å². The highest BCUT2D eigenvalue weighted by molar-refractivity contribution is 6.14. The molecule has 10 aromatic carbocycles. The first-order valence-corrected chi connectivity index (χ1v) is 26.1. The van der Waals surface area contributed by atoms with Gasteiger partial charge in [-0.1, -0.05) is 189 Å². The predicted molar refractivity (Wildman–Crippen MR) is 320 cm³/mol. The van der Waals surface area contributed by atoms with E-state index in [0.717, 1.165) is 99.9 Å². The van der Waals surface area contributed by atoms with Crippen molar-refractivity contribution in [1.29, 1.82) is 0 Å². The average Bonchev–Trinajstić information content (AvgIpc) is 4.35. The standard InChI is InChI=1S/C70H47N7/c1-46-42-52(75-62-31-15-11-27-54(62)55-28-12-16-32-63(55)75)26-19-41-74(61-38-35-50(43-58(46)61)47-20-5-2-6-21-47)69-71-68(49-24-9-4-10-25-49)72-70(73-69)77-66-39-36-51(48-22-7-3-8-23-48)44-59(66)60-45-53(37-40-67(60)77)76-64-33-17-13-29-56(64)57-30-14-18-34-65(57)76/h2-40,42-45H,1,41H2/b26-19-,52-42+. The van der Waals surface area contributed by atoms with E-state index < -0.39 is 0 Å². The van der Waals surface area contributed by atoms with Crippen molar-refractivity contribution in [2.24, 2.45) is 0 Å². The molecule has 0 bridgehead atoms. The van der Waals surface area contributed by atoms with Crippen LogP contribution in [0.15, 0.2) is 267 Å². The van der Waals surface area contributed by atoms with E-state index in [1.807, 2.05) is 18.2 Å². The fourth-order valence-corrected chi connectivity index (χ4v) is 11.7. The summed E-state index contributed by atoms with van der Waals surface area (Å²) >= 11 is 0. The number of nitrogens with zero attached hydrogens (tertiary/aromatic N) is 7. The molecule has 0 aliphatic carbocycles. The molecule has 0 fully saturated rings. The normalized spacial score (nSPS) is 14.0. The van der Waals surface area contributed by atoms with Crippen molar-refractivity contribution >= 4 is 88.3 Å². The van der Waals surface area contributed by atoms with Crippen LogP contribution in [0.1, 0.15) is 5.56 Å². The summed E-state index contributed by atoms with van der Waals surface area (Å²) in [5.41, 5.74) is 16.8. The minimum Gasteiger partial charge on any atom is -0.309 e. The minimum atomic E-state index is 0.451. The minimum absolute atomic E-state index is 0.451. The van der Waals surface area contributed by atoms with Gasteiger partial charge in [0.25, 0.3) is 0 Å². The van der Waals surface area contributed by atoms with Crippen molar-refractivity contribution in [3.05, 3.63) is 273 Å². The lowest BCUT2D eigenvalue weighted by molar-refractivity contribution is 0.904. The van der Waals surface area contributed by atoms with E-state index >= 15 is 0 Å². The van der Waals surface area contributed by atoms with Gasteiger partial charge in [0.1, 0.15) is 0 Å². The number of rotatable bonds is 7. The van der Waals surface area contributed by atoms with E-state index in [0.29, 0.717) is 24.3 Å². The van der Waals surface area contributed by atoms with Crippen LogP contribution in [-0.4, -0.2) is 35.2 Å². The van der Waals surface area contributed by atoms with Crippen molar-refractivity contribution in [1.82, 2.24) is 28.7 Å². The lowest BCUT2D eigenvalue weighted by Gasteiger charge is -2.25.